The Bertz CT molecular complexity index is 795. The SMILES string of the molecule is C=CCn1c([O-])n[n+]2c(Cc3ccc(Cl)nc3)cccc12. The van der Waals surface area contributed by atoms with E-state index in [0.717, 1.165) is 16.9 Å². The van der Waals surface area contributed by atoms with E-state index in [2.05, 4.69) is 16.7 Å². The molecule has 106 valence electrons. The number of rotatable bonds is 4. The lowest BCUT2D eigenvalue weighted by molar-refractivity contribution is -0.590. The summed E-state index contributed by atoms with van der Waals surface area (Å²) in [5, 5.41) is 16.5. The Morgan fingerprint density at radius 2 is 2.19 bits per heavy atom. The molecule has 0 saturated heterocycles. The first-order chi connectivity index (χ1) is 10.2. The molecule has 0 aliphatic rings. The summed E-state index contributed by atoms with van der Waals surface area (Å²) in [5.41, 5.74) is 2.67. The van der Waals surface area contributed by atoms with Crippen LogP contribution in [0.15, 0.2) is 49.2 Å². The second-order valence-corrected chi connectivity index (χ2v) is 5.02. The van der Waals surface area contributed by atoms with Crippen molar-refractivity contribution in [3.63, 3.8) is 0 Å². The molecule has 0 aliphatic heterocycles. The topological polar surface area (TPSA) is 57.9 Å². The van der Waals surface area contributed by atoms with Crippen molar-refractivity contribution in [2.24, 2.45) is 0 Å². The highest BCUT2D eigenvalue weighted by molar-refractivity contribution is 6.29. The quantitative estimate of drug-likeness (QED) is 0.417. The fourth-order valence-electron chi connectivity index (χ4n) is 2.25. The Kier molecular flexibility index (Phi) is 3.58. The Morgan fingerprint density at radius 1 is 1.33 bits per heavy atom. The van der Waals surface area contributed by atoms with E-state index < -0.39 is 0 Å². The molecule has 0 bridgehead atoms. The summed E-state index contributed by atoms with van der Waals surface area (Å²) in [4.78, 5) is 4.06. The fraction of sp³-hybridized carbons (Fsp3) is 0.133. The van der Waals surface area contributed by atoms with Crippen molar-refractivity contribution in [2.45, 2.75) is 13.0 Å². The van der Waals surface area contributed by atoms with Crippen molar-refractivity contribution in [3.05, 3.63) is 65.6 Å². The van der Waals surface area contributed by atoms with Crippen LogP contribution in [0.4, 0.5) is 0 Å². The van der Waals surface area contributed by atoms with Crippen molar-refractivity contribution in [1.82, 2.24) is 14.6 Å². The van der Waals surface area contributed by atoms with Gasteiger partial charge in [0.05, 0.1) is 0 Å². The van der Waals surface area contributed by atoms with Gasteiger partial charge < -0.3 is 5.11 Å². The van der Waals surface area contributed by atoms with Gasteiger partial charge in [-0.15, -0.1) is 0 Å². The lowest BCUT2D eigenvalue weighted by Gasteiger charge is -2.00. The van der Waals surface area contributed by atoms with E-state index in [1.54, 1.807) is 27.4 Å². The van der Waals surface area contributed by atoms with E-state index in [1.807, 2.05) is 24.3 Å². The normalized spacial score (nSPS) is 10.9. The number of hydrogen-bond acceptors (Lipinski definition) is 3. The minimum absolute atomic E-state index is 0.281. The molecule has 0 spiro atoms. The Morgan fingerprint density at radius 3 is 2.90 bits per heavy atom. The summed E-state index contributed by atoms with van der Waals surface area (Å²) in [6.07, 6.45) is 4.02. The number of halogens is 1. The number of pyridine rings is 2. The average Bonchev–Trinajstić information content (AvgIpc) is 2.80. The van der Waals surface area contributed by atoms with Crippen LogP contribution < -0.4 is 9.62 Å². The van der Waals surface area contributed by atoms with Gasteiger partial charge >= 0.3 is 5.65 Å². The van der Waals surface area contributed by atoms with Crippen molar-refractivity contribution in [3.8, 4) is 6.01 Å². The first kappa shape index (κ1) is 13.6. The summed E-state index contributed by atoms with van der Waals surface area (Å²) in [6, 6.07) is 9.09. The molecule has 3 rings (SSSR count). The fourth-order valence-corrected chi connectivity index (χ4v) is 2.36. The molecule has 0 aromatic carbocycles. The molecule has 0 saturated carbocycles. The molecule has 6 heteroatoms. The van der Waals surface area contributed by atoms with E-state index in [-0.39, 0.29) is 6.01 Å². The van der Waals surface area contributed by atoms with Crippen LogP contribution in [-0.2, 0) is 13.0 Å². The van der Waals surface area contributed by atoms with E-state index in [0.29, 0.717) is 18.1 Å². The van der Waals surface area contributed by atoms with Gasteiger partial charge in [0.25, 0.3) is 0 Å². The molecule has 5 nitrogen and oxygen atoms in total. The predicted octanol–water partition coefficient (Wildman–Crippen LogP) is 1.52. The third-order valence-corrected chi connectivity index (χ3v) is 3.43. The van der Waals surface area contributed by atoms with Gasteiger partial charge in [0.15, 0.2) is 0 Å². The van der Waals surface area contributed by atoms with E-state index in [4.69, 9.17) is 11.6 Å². The lowest BCUT2D eigenvalue weighted by Crippen LogP contribution is -2.29. The van der Waals surface area contributed by atoms with E-state index in [9.17, 15) is 5.11 Å². The van der Waals surface area contributed by atoms with Crippen molar-refractivity contribution >= 4 is 17.2 Å². The number of nitrogens with zero attached hydrogens (tertiary/aromatic N) is 4. The highest BCUT2D eigenvalue weighted by Crippen LogP contribution is 2.12. The average molecular weight is 301 g/mol. The molecule has 0 N–H and O–H groups in total. The van der Waals surface area contributed by atoms with E-state index >= 15 is 0 Å². The van der Waals surface area contributed by atoms with E-state index in [1.165, 1.54) is 0 Å². The molecule has 3 heterocycles. The molecule has 3 aromatic heterocycles. The Labute approximate surface area is 126 Å². The van der Waals surface area contributed by atoms with Gasteiger partial charge in [0, 0.05) is 18.7 Å². The van der Waals surface area contributed by atoms with Gasteiger partial charge in [0.2, 0.25) is 6.01 Å². The van der Waals surface area contributed by atoms with Crippen LogP contribution in [0.5, 0.6) is 6.01 Å². The number of fused-ring (bicyclic) bond motifs is 1. The van der Waals surface area contributed by atoms with Crippen LogP contribution in [0, 0.1) is 0 Å². The Balaban J connectivity index is 2.04. The monoisotopic (exact) mass is 300 g/mol. The lowest BCUT2D eigenvalue weighted by atomic mass is 10.1. The highest BCUT2D eigenvalue weighted by Gasteiger charge is 2.16. The van der Waals surface area contributed by atoms with Gasteiger partial charge in [-0.05, 0) is 22.8 Å². The number of hydrogen-bond donors (Lipinski definition) is 0. The molecule has 0 amide bonds. The van der Waals surface area contributed by atoms with Gasteiger partial charge in [-0.25, -0.2) is 9.55 Å². The van der Waals surface area contributed by atoms with Crippen molar-refractivity contribution in [2.75, 3.05) is 0 Å². The maximum atomic E-state index is 11.9. The minimum atomic E-state index is -0.281. The molecule has 0 radical (unpaired) electrons. The summed E-state index contributed by atoms with van der Waals surface area (Å²) >= 11 is 5.79. The molecule has 0 unspecified atom stereocenters. The van der Waals surface area contributed by atoms with Crippen LogP contribution in [0.3, 0.4) is 0 Å². The third kappa shape index (κ3) is 2.60. The molecule has 0 atom stereocenters. The second kappa shape index (κ2) is 5.54. The molecular formula is C15H13ClN4O. The number of aromatic nitrogens is 4. The molecule has 0 aliphatic carbocycles. The smallest absolute Gasteiger partial charge is 0.308 e. The summed E-state index contributed by atoms with van der Waals surface area (Å²) in [7, 11) is 0. The van der Waals surface area contributed by atoms with Gasteiger partial charge in [-0.2, -0.15) is 0 Å². The molecule has 21 heavy (non-hydrogen) atoms. The summed E-state index contributed by atoms with van der Waals surface area (Å²) in [6.45, 7) is 4.10. The molecular weight excluding hydrogens is 288 g/mol. The third-order valence-electron chi connectivity index (χ3n) is 3.20. The zero-order valence-corrected chi connectivity index (χ0v) is 12.0. The molecule has 0 fully saturated rings. The second-order valence-electron chi connectivity index (χ2n) is 4.63. The van der Waals surface area contributed by atoms with Crippen LogP contribution in [0.25, 0.3) is 5.65 Å². The van der Waals surface area contributed by atoms with Gasteiger partial charge in [-0.3, -0.25) is 0 Å². The maximum absolute atomic E-state index is 11.9. The maximum Gasteiger partial charge on any atom is 0.308 e. The minimum Gasteiger partial charge on any atom is -0.825 e. The van der Waals surface area contributed by atoms with Crippen molar-refractivity contribution in [1.29, 1.82) is 0 Å². The Hall–Kier alpha value is -2.40. The first-order valence-electron chi connectivity index (χ1n) is 6.48. The molecule has 3 aromatic rings. The predicted molar refractivity (Wildman–Crippen MR) is 77.1 cm³/mol. The standard InChI is InChI=1S/C15H13ClN4O/c1-2-8-19-14-5-3-4-12(20(14)18-15(19)21)9-11-6-7-13(16)17-10-11/h2-7,10H,1,8-9H2. The number of allylic oxidation sites excluding steroid dienone is 1. The van der Waals surface area contributed by atoms with Gasteiger partial charge in [-0.1, -0.05) is 40.9 Å². The van der Waals surface area contributed by atoms with Crippen LogP contribution in [-0.4, -0.2) is 14.6 Å². The van der Waals surface area contributed by atoms with Crippen molar-refractivity contribution < 1.29 is 9.62 Å². The van der Waals surface area contributed by atoms with Gasteiger partial charge in [0.1, 0.15) is 17.4 Å². The van der Waals surface area contributed by atoms with Crippen LogP contribution >= 0.6 is 11.6 Å². The highest BCUT2D eigenvalue weighted by atomic mass is 35.5. The first-order valence-corrected chi connectivity index (χ1v) is 6.85. The van der Waals surface area contributed by atoms with Crippen LogP contribution in [0.2, 0.25) is 5.15 Å². The largest absolute Gasteiger partial charge is 0.825 e. The zero-order valence-electron chi connectivity index (χ0n) is 11.2. The van der Waals surface area contributed by atoms with Crippen LogP contribution in [0.1, 0.15) is 11.3 Å². The zero-order chi connectivity index (χ0) is 14.8. The summed E-state index contributed by atoms with van der Waals surface area (Å²) < 4.78 is 3.25. The summed E-state index contributed by atoms with van der Waals surface area (Å²) in [5.74, 6) is 0.